The lowest BCUT2D eigenvalue weighted by Gasteiger charge is -2.36. The van der Waals surface area contributed by atoms with Gasteiger partial charge in [-0.25, -0.2) is 8.42 Å². The highest BCUT2D eigenvalue weighted by Crippen LogP contribution is 2.27. The summed E-state index contributed by atoms with van der Waals surface area (Å²) in [6.07, 6.45) is 3.15. The first-order valence-electron chi connectivity index (χ1n) is 5.75. The fraction of sp³-hybridized carbons (Fsp3) is 1.00. The fourth-order valence-corrected chi connectivity index (χ4v) is 3.95. The Morgan fingerprint density at radius 1 is 1.44 bits per heavy atom. The molecule has 0 aromatic rings. The summed E-state index contributed by atoms with van der Waals surface area (Å²) in [6, 6.07) is 0.226. The summed E-state index contributed by atoms with van der Waals surface area (Å²) in [5, 5.41) is 0.692. The molecule has 0 N–H and O–H groups in total. The van der Waals surface area contributed by atoms with Gasteiger partial charge in [0.25, 0.3) is 0 Å². The highest BCUT2D eigenvalue weighted by atomic mass is 79.9. The SMILES string of the molecule is CCOCCS(=O)(=O)N(CCBr)C1CCC1. The maximum Gasteiger partial charge on any atom is 0.216 e. The lowest BCUT2D eigenvalue weighted by molar-refractivity contribution is 0.160. The van der Waals surface area contributed by atoms with Crippen molar-refractivity contribution >= 4 is 26.0 Å². The molecule has 0 atom stereocenters. The number of alkyl halides is 1. The van der Waals surface area contributed by atoms with Gasteiger partial charge in [0.1, 0.15) is 0 Å². The molecule has 1 rings (SSSR count). The Morgan fingerprint density at radius 3 is 2.56 bits per heavy atom. The van der Waals surface area contributed by atoms with E-state index in [9.17, 15) is 8.42 Å². The average Bonchev–Trinajstić information content (AvgIpc) is 2.14. The standard InChI is InChI=1S/C10H20BrNO3S/c1-2-15-8-9-16(13,14)12(7-6-11)10-4-3-5-10/h10H,2-9H2,1H3. The van der Waals surface area contributed by atoms with Gasteiger partial charge in [0.2, 0.25) is 10.0 Å². The second-order valence-corrected chi connectivity index (χ2v) is 6.73. The Kier molecular flexibility index (Phi) is 6.25. The Bertz CT molecular complexity index is 290. The third-order valence-corrected chi connectivity index (χ3v) is 5.07. The zero-order chi connectivity index (χ0) is 12.0. The number of sulfonamides is 1. The zero-order valence-electron chi connectivity index (χ0n) is 9.69. The second-order valence-electron chi connectivity index (χ2n) is 3.90. The summed E-state index contributed by atoms with van der Waals surface area (Å²) in [5.41, 5.74) is 0. The van der Waals surface area contributed by atoms with Gasteiger partial charge in [-0.1, -0.05) is 22.4 Å². The van der Waals surface area contributed by atoms with E-state index in [1.54, 1.807) is 4.31 Å². The van der Waals surface area contributed by atoms with E-state index >= 15 is 0 Å². The molecule has 1 aliphatic carbocycles. The van der Waals surface area contributed by atoms with Crippen molar-refractivity contribution in [1.29, 1.82) is 0 Å². The number of hydrogen-bond acceptors (Lipinski definition) is 3. The molecule has 0 saturated heterocycles. The molecule has 0 unspecified atom stereocenters. The highest BCUT2D eigenvalue weighted by Gasteiger charge is 2.32. The van der Waals surface area contributed by atoms with Crippen LogP contribution in [0.3, 0.4) is 0 Å². The first-order valence-corrected chi connectivity index (χ1v) is 8.48. The van der Waals surface area contributed by atoms with Crippen LogP contribution in [-0.2, 0) is 14.8 Å². The Morgan fingerprint density at radius 2 is 2.12 bits per heavy atom. The van der Waals surface area contributed by atoms with E-state index in [4.69, 9.17) is 4.74 Å². The fourth-order valence-electron chi connectivity index (χ4n) is 1.73. The van der Waals surface area contributed by atoms with Crippen LogP contribution in [0.1, 0.15) is 26.2 Å². The topological polar surface area (TPSA) is 46.6 Å². The molecular weight excluding hydrogens is 294 g/mol. The molecule has 0 radical (unpaired) electrons. The molecule has 0 amide bonds. The molecule has 16 heavy (non-hydrogen) atoms. The largest absolute Gasteiger partial charge is 0.381 e. The summed E-state index contributed by atoms with van der Waals surface area (Å²) in [5.74, 6) is 0.102. The number of hydrogen-bond donors (Lipinski definition) is 0. The van der Waals surface area contributed by atoms with Crippen molar-refractivity contribution in [3.05, 3.63) is 0 Å². The molecular formula is C10H20BrNO3S. The van der Waals surface area contributed by atoms with Crippen molar-refractivity contribution in [2.24, 2.45) is 0 Å². The van der Waals surface area contributed by atoms with Crippen molar-refractivity contribution < 1.29 is 13.2 Å². The molecule has 1 saturated carbocycles. The summed E-state index contributed by atoms with van der Waals surface area (Å²) >= 11 is 3.31. The number of halogens is 1. The molecule has 0 bridgehead atoms. The van der Waals surface area contributed by atoms with Crippen molar-refractivity contribution in [3.8, 4) is 0 Å². The molecule has 0 spiro atoms. The van der Waals surface area contributed by atoms with E-state index in [0.29, 0.717) is 25.1 Å². The highest BCUT2D eigenvalue weighted by molar-refractivity contribution is 9.09. The van der Waals surface area contributed by atoms with Gasteiger partial charge in [0.15, 0.2) is 0 Å². The van der Waals surface area contributed by atoms with Gasteiger partial charge in [0, 0.05) is 24.5 Å². The summed E-state index contributed by atoms with van der Waals surface area (Å²) in [6.45, 7) is 3.30. The predicted octanol–water partition coefficient (Wildman–Crippen LogP) is 1.60. The lowest BCUT2D eigenvalue weighted by Crippen LogP contribution is -2.46. The normalized spacial score (nSPS) is 17.7. The van der Waals surface area contributed by atoms with Gasteiger partial charge in [-0.05, 0) is 19.8 Å². The van der Waals surface area contributed by atoms with Gasteiger partial charge in [-0.3, -0.25) is 0 Å². The van der Waals surface area contributed by atoms with Gasteiger partial charge in [0.05, 0.1) is 12.4 Å². The van der Waals surface area contributed by atoms with E-state index in [-0.39, 0.29) is 11.8 Å². The second kappa shape index (κ2) is 6.93. The molecule has 0 heterocycles. The summed E-state index contributed by atoms with van der Waals surface area (Å²) in [4.78, 5) is 0. The van der Waals surface area contributed by atoms with Crippen LogP contribution in [0.15, 0.2) is 0 Å². The average molecular weight is 314 g/mol. The third kappa shape index (κ3) is 3.98. The molecule has 6 heteroatoms. The molecule has 0 aromatic heterocycles. The van der Waals surface area contributed by atoms with Crippen LogP contribution in [0.2, 0.25) is 0 Å². The number of ether oxygens (including phenoxy) is 1. The quantitative estimate of drug-likeness (QED) is 0.505. The van der Waals surface area contributed by atoms with Crippen molar-refractivity contribution in [2.45, 2.75) is 32.2 Å². The van der Waals surface area contributed by atoms with E-state index in [2.05, 4.69) is 15.9 Å². The minimum absolute atomic E-state index is 0.102. The Hall–Kier alpha value is 0.350. The Labute approximate surface area is 107 Å². The maximum absolute atomic E-state index is 12.1. The predicted molar refractivity (Wildman–Crippen MR) is 68.4 cm³/mol. The molecule has 96 valence electrons. The Balaban J connectivity index is 2.53. The van der Waals surface area contributed by atoms with Crippen LogP contribution >= 0.6 is 15.9 Å². The maximum atomic E-state index is 12.1. The van der Waals surface area contributed by atoms with Crippen LogP contribution in [0.5, 0.6) is 0 Å². The van der Waals surface area contributed by atoms with Gasteiger partial charge >= 0.3 is 0 Å². The minimum atomic E-state index is -3.14. The third-order valence-electron chi connectivity index (χ3n) is 2.83. The van der Waals surface area contributed by atoms with Crippen molar-refractivity contribution in [2.75, 3.05) is 30.8 Å². The van der Waals surface area contributed by atoms with Crippen LogP contribution in [0.25, 0.3) is 0 Å². The molecule has 1 fully saturated rings. The molecule has 4 nitrogen and oxygen atoms in total. The van der Waals surface area contributed by atoms with Crippen molar-refractivity contribution in [3.63, 3.8) is 0 Å². The molecule has 0 aromatic carbocycles. The van der Waals surface area contributed by atoms with Crippen LogP contribution in [-0.4, -0.2) is 49.6 Å². The number of rotatable bonds is 8. The van der Waals surface area contributed by atoms with Gasteiger partial charge in [-0.2, -0.15) is 4.31 Å². The van der Waals surface area contributed by atoms with Crippen LogP contribution in [0, 0.1) is 0 Å². The lowest BCUT2D eigenvalue weighted by atomic mass is 9.93. The van der Waals surface area contributed by atoms with E-state index in [1.165, 1.54) is 0 Å². The van der Waals surface area contributed by atoms with E-state index in [0.717, 1.165) is 19.3 Å². The van der Waals surface area contributed by atoms with E-state index in [1.807, 2.05) is 6.92 Å². The first-order chi connectivity index (χ1) is 7.61. The smallest absolute Gasteiger partial charge is 0.216 e. The van der Waals surface area contributed by atoms with Crippen molar-refractivity contribution in [1.82, 2.24) is 4.31 Å². The summed E-state index contributed by atoms with van der Waals surface area (Å²) < 4.78 is 30.9. The van der Waals surface area contributed by atoms with Crippen LogP contribution in [0.4, 0.5) is 0 Å². The van der Waals surface area contributed by atoms with E-state index < -0.39 is 10.0 Å². The van der Waals surface area contributed by atoms with Crippen LogP contribution < -0.4 is 0 Å². The molecule has 1 aliphatic rings. The molecule has 0 aliphatic heterocycles. The first kappa shape index (κ1) is 14.4. The monoisotopic (exact) mass is 313 g/mol. The van der Waals surface area contributed by atoms with Gasteiger partial charge in [-0.15, -0.1) is 0 Å². The van der Waals surface area contributed by atoms with Gasteiger partial charge < -0.3 is 4.74 Å². The number of nitrogens with zero attached hydrogens (tertiary/aromatic N) is 1. The minimum Gasteiger partial charge on any atom is -0.381 e. The zero-order valence-corrected chi connectivity index (χ0v) is 12.1. The summed E-state index contributed by atoms with van der Waals surface area (Å²) in [7, 11) is -3.14.